The summed E-state index contributed by atoms with van der Waals surface area (Å²) in [4.78, 5) is 20.9. The Kier molecular flexibility index (Phi) is 5.20. The first-order chi connectivity index (χ1) is 12.3. The molecule has 0 fully saturated rings. The van der Waals surface area contributed by atoms with Crippen LogP contribution in [0.5, 0.6) is 0 Å². The number of benzene rings is 1. The first kappa shape index (κ1) is 18.7. The van der Waals surface area contributed by atoms with Crippen molar-refractivity contribution in [1.29, 1.82) is 0 Å². The minimum absolute atomic E-state index is 0.243. The van der Waals surface area contributed by atoms with Crippen molar-refractivity contribution in [2.75, 3.05) is 11.1 Å². The lowest BCUT2D eigenvalue weighted by molar-refractivity contribution is 0.102. The summed E-state index contributed by atoms with van der Waals surface area (Å²) < 4.78 is 14.4. The summed E-state index contributed by atoms with van der Waals surface area (Å²) >= 11 is 7.36. The number of nitrogens with one attached hydrogen (secondary N) is 1. The molecule has 1 unspecified atom stereocenters. The fourth-order valence-electron chi connectivity index (χ4n) is 2.86. The van der Waals surface area contributed by atoms with Crippen LogP contribution in [0.25, 0.3) is 0 Å². The van der Waals surface area contributed by atoms with E-state index in [9.17, 15) is 9.18 Å². The van der Waals surface area contributed by atoms with Gasteiger partial charge in [-0.15, -0.1) is 0 Å². The van der Waals surface area contributed by atoms with Crippen molar-refractivity contribution < 1.29 is 9.18 Å². The molecule has 0 aliphatic carbocycles. The molecule has 0 saturated heterocycles. The number of carbonyl (C=O) groups is 1. The number of nitrogens with zero attached hydrogens (tertiary/aromatic N) is 2. The molecule has 1 aromatic carbocycles. The van der Waals surface area contributed by atoms with Crippen molar-refractivity contribution in [1.82, 2.24) is 4.98 Å². The van der Waals surface area contributed by atoms with E-state index >= 15 is 0 Å². The van der Waals surface area contributed by atoms with Crippen LogP contribution < -0.4 is 11.1 Å². The topological polar surface area (TPSA) is 80.4 Å². The second-order valence-electron chi connectivity index (χ2n) is 6.29. The van der Waals surface area contributed by atoms with E-state index in [0.29, 0.717) is 34.1 Å². The molecular formula is C18H18ClFN4OS. The van der Waals surface area contributed by atoms with Gasteiger partial charge in [0.15, 0.2) is 5.17 Å². The van der Waals surface area contributed by atoms with Crippen molar-refractivity contribution in [3.05, 3.63) is 58.1 Å². The zero-order valence-electron chi connectivity index (χ0n) is 14.3. The number of aromatic nitrogens is 1. The van der Waals surface area contributed by atoms with Gasteiger partial charge in [0, 0.05) is 28.3 Å². The number of hydrogen-bond acceptors (Lipinski definition) is 5. The summed E-state index contributed by atoms with van der Waals surface area (Å²) in [6.07, 6.45) is 0.659. The van der Waals surface area contributed by atoms with Crippen LogP contribution in [0.15, 0.2) is 35.3 Å². The van der Waals surface area contributed by atoms with Crippen LogP contribution in [0.2, 0.25) is 5.15 Å². The molecule has 26 heavy (non-hydrogen) atoms. The number of thioether (sulfide) groups is 1. The van der Waals surface area contributed by atoms with E-state index in [1.165, 1.54) is 30.0 Å². The van der Waals surface area contributed by atoms with Crippen LogP contribution >= 0.6 is 23.4 Å². The number of anilines is 1. The Labute approximate surface area is 160 Å². The minimum atomic E-state index is -0.753. The Balaban J connectivity index is 1.90. The maximum absolute atomic E-state index is 14.4. The summed E-state index contributed by atoms with van der Waals surface area (Å²) in [5, 5.41) is 3.45. The molecule has 1 aliphatic rings. The average Bonchev–Trinajstić information content (AvgIpc) is 2.55. The number of amidine groups is 1. The summed E-state index contributed by atoms with van der Waals surface area (Å²) in [7, 11) is 0. The lowest BCUT2D eigenvalue weighted by Crippen LogP contribution is -2.29. The summed E-state index contributed by atoms with van der Waals surface area (Å²) in [6, 6.07) is 7.57. The third-order valence-electron chi connectivity index (χ3n) is 4.18. The Bertz CT molecular complexity index is 885. The predicted molar refractivity (Wildman–Crippen MR) is 104 cm³/mol. The molecule has 8 heteroatoms. The highest BCUT2D eigenvalue weighted by Crippen LogP contribution is 2.37. The van der Waals surface area contributed by atoms with Crippen LogP contribution in [0, 0.1) is 12.7 Å². The number of nitrogens with two attached hydrogens (primary N) is 1. The van der Waals surface area contributed by atoms with E-state index in [0.717, 1.165) is 5.75 Å². The van der Waals surface area contributed by atoms with Gasteiger partial charge in [-0.25, -0.2) is 9.37 Å². The second-order valence-corrected chi connectivity index (χ2v) is 7.79. The molecule has 3 rings (SSSR count). The summed E-state index contributed by atoms with van der Waals surface area (Å²) in [5.41, 5.74) is 6.98. The van der Waals surface area contributed by atoms with Gasteiger partial charge in [-0.1, -0.05) is 23.4 Å². The number of amides is 1. The molecule has 3 N–H and O–H groups in total. The lowest BCUT2D eigenvalue weighted by Gasteiger charge is -2.30. The van der Waals surface area contributed by atoms with Crippen molar-refractivity contribution in [3.8, 4) is 0 Å². The normalized spacial score (nSPS) is 19.8. The van der Waals surface area contributed by atoms with E-state index in [1.54, 1.807) is 19.1 Å². The monoisotopic (exact) mass is 392 g/mol. The molecule has 1 atom stereocenters. The number of hydrogen-bond donors (Lipinski definition) is 2. The first-order valence-corrected chi connectivity index (χ1v) is 9.37. The van der Waals surface area contributed by atoms with Gasteiger partial charge in [0.05, 0.1) is 5.54 Å². The Morgan fingerprint density at radius 2 is 2.15 bits per heavy atom. The van der Waals surface area contributed by atoms with Gasteiger partial charge >= 0.3 is 0 Å². The molecular weight excluding hydrogens is 375 g/mol. The third kappa shape index (κ3) is 3.99. The Morgan fingerprint density at radius 1 is 1.38 bits per heavy atom. The molecule has 0 saturated carbocycles. The molecule has 0 bridgehead atoms. The van der Waals surface area contributed by atoms with E-state index in [1.807, 2.05) is 6.92 Å². The standard InChI is InChI=1S/C18H18ClFN4OS/c1-10-7-11(8-15(19)22-10)16(25)23-12-3-4-14(20)13(9-12)18(2)5-6-26-17(21)24-18/h3-4,7-9H,5-6H2,1-2H3,(H2,21,24)(H,23,25). The average molecular weight is 393 g/mol. The van der Waals surface area contributed by atoms with Gasteiger partial charge in [0.2, 0.25) is 0 Å². The maximum Gasteiger partial charge on any atom is 0.255 e. The number of rotatable bonds is 3. The van der Waals surface area contributed by atoms with Crippen LogP contribution in [-0.4, -0.2) is 21.8 Å². The van der Waals surface area contributed by atoms with E-state index in [-0.39, 0.29) is 16.9 Å². The maximum atomic E-state index is 14.4. The van der Waals surface area contributed by atoms with Gasteiger partial charge in [-0.2, -0.15) is 0 Å². The highest BCUT2D eigenvalue weighted by molar-refractivity contribution is 8.13. The van der Waals surface area contributed by atoms with Gasteiger partial charge in [-0.3, -0.25) is 9.79 Å². The quantitative estimate of drug-likeness (QED) is 0.770. The molecule has 2 aromatic rings. The summed E-state index contributed by atoms with van der Waals surface area (Å²) in [6.45, 7) is 3.60. The van der Waals surface area contributed by atoms with Crippen molar-refractivity contribution >= 4 is 40.1 Å². The van der Waals surface area contributed by atoms with Crippen LogP contribution in [0.3, 0.4) is 0 Å². The molecule has 5 nitrogen and oxygen atoms in total. The number of pyridine rings is 1. The van der Waals surface area contributed by atoms with Gasteiger partial charge in [0.1, 0.15) is 11.0 Å². The molecule has 1 amide bonds. The van der Waals surface area contributed by atoms with Crippen LogP contribution in [0.1, 0.15) is 35.0 Å². The summed E-state index contributed by atoms with van der Waals surface area (Å²) in [5.74, 6) is 0.0375. The Morgan fingerprint density at radius 3 is 2.85 bits per heavy atom. The second kappa shape index (κ2) is 7.25. The molecule has 136 valence electrons. The molecule has 0 radical (unpaired) electrons. The minimum Gasteiger partial charge on any atom is -0.379 e. The number of aliphatic imine (C=N–C) groups is 1. The predicted octanol–water partition coefficient (Wildman–Crippen LogP) is 4.10. The van der Waals surface area contributed by atoms with Crippen molar-refractivity contribution in [2.24, 2.45) is 10.7 Å². The fourth-order valence-corrected chi connectivity index (χ4v) is 4.08. The van der Waals surface area contributed by atoms with Crippen LogP contribution in [0.4, 0.5) is 10.1 Å². The molecule has 0 spiro atoms. The third-order valence-corrected chi connectivity index (χ3v) is 5.17. The van der Waals surface area contributed by atoms with Gasteiger partial charge < -0.3 is 11.1 Å². The first-order valence-electron chi connectivity index (χ1n) is 8.00. The largest absolute Gasteiger partial charge is 0.379 e. The highest BCUT2D eigenvalue weighted by atomic mass is 35.5. The van der Waals surface area contributed by atoms with Gasteiger partial charge in [0.25, 0.3) is 5.91 Å². The SMILES string of the molecule is Cc1cc(C(=O)Nc2ccc(F)c(C3(C)CCSC(N)=N3)c2)cc(Cl)n1. The molecule has 2 heterocycles. The zero-order valence-corrected chi connectivity index (χ0v) is 15.9. The highest BCUT2D eigenvalue weighted by Gasteiger charge is 2.32. The van der Waals surface area contributed by atoms with Crippen molar-refractivity contribution in [3.63, 3.8) is 0 Å². The number of carbonyl (C=O) groups excluding carboxylic acids is 1. The molecule has 1 aromatic heterocycles. The Hall–Kier alpha value is -2.12. The number of aryl methyl sites for hydroxylation is 1. The number of halogens is 2. The lowest BCUT2D eigenvalue weighted by atomic mass is 9.89. The van der Waals surface area contributed by atoms with Gasteiger partial charge in [-0.05, 0) is 50.6 Å². The van der Waals surface area contributed by atoms with Crippen molar-refractivity contribution in [2.45, 2.75) is 25.8 Å². The van der Waals surface area contributed by atoms with E-state index < -0.39 is 5.54 Å². The zero-order chi connectivity index (χ0) is 18.9. The van der Waals surface area contributed by atoms with Crippen LogP contribution in [-0.2, 0) is 5.54 Å². The smallest absolute Gasteiger partial charge is 0.255 e. The van der Waals surface area contributed by atoms with E-state index in [4.69, 9.17) is 17.3 Å². The fraction of sp³-hybridized carbons (Fsp3) is 0.278. The molecule has 1 aliphatic heterocycles. The van der Waals surface area contributed by atoms with E-state index in [2.05, 4.69) is 15.3 Å².